The van der Waals surface area contributed by atoms with Gasteiger partial charge in [-0.05, 0) is 24.6 Å². The zero-order valence-corrected chi connectivity index (χ0v) is 15.1. The average molecular weight is 355 g/mol. The van der Waals surface area contributed by atoms with Gasteiger partial charge in [0.25, 0.3) is 0 Å². The minimum absolute atomic E-state index is 0.0649. The zero-order valence-electron chi connectivity index (χ0n) is 15.1. The number of hydrogen-bond acceptors (Lipinski definition) is 4. The summed E-state index contributed by atoms with van der Waals surface area (Å²) in [5.41, 5.74) is 1.80. The van der Waals surface area contributed by atoms with Crippen molar-refractivity contribution in [1.29, 1.82) is 0 Å². The third-order valence-corrected chi connectivity index (χ3v) is 4.59. The number of amides is 2. The van der Waals surface area contributed by atoms with Gasteiger partial charge < -0.3 is 10.2 Å². The maximum atomic E-state index is 12.4. The molecule has 0 bridgehead atoms. The zero-order chi connectivity index (χ0) is 18.4. The van der Waals surface area contributed by atoms with Crippen LogP contribution >= 0.6 is 0 Å². The second-order valence-corrected chi connectivity index (χ2v) is 6.60. The largest absolute Gasteiger partial charge is 0.350 e. The Morgan fingerprint density at radius 2 is 2.15 bits per heavy atom. The van der Waals surface area contributed by atoms with Gasteiger partial charge >= 0.3 is 0 Å². The van der Waals surface area contributed by atoms with Gasteiger partial charge in [-0.2, -0.15) is 5.10 Å². The summed E-state index contributed by atoms with van der Waals surface area (Å²) in [6.45, 7) is 3.56. The van der Waals surface area contributed by atoms with E-state index in [0.29, 0.717) is 32.5 Å². The second kappa shape index (κ2) is 8.60. The number of rotatable bonds is 7. The van der Waals surface area contributed by atoms with Crippen molar-refractivity contribution in [2.24, 2.45) is 0 Å². The lowest BCUT2D eigenvalue weighted by Gasteiger charge is -2.33. The molecule has 1 N–H and O–H groups in total. The Kier molecular flexibility index (Phi) is 5.99. The van der Waals surface area contributed by atoms with Crippen molar-refractivity contribution >= 4 is 11.8 Å². The molecule has 7 nitrogen and oxygen atoms in total. The molecule has 1 atom stereocenters. The van der Waals surface area contributed by atoms with Crippen molar-refractivity contribution in [2.45, 2.75) is 51.7 Å². The van der Waals surface area contributed by atoms with Crippen LogP contribution in [0.2, 0.25) is 0 Å². The lowest BCUT2D eigenvalue weighted by atomic mass is 10.1. The summed E-state index contributed by atoms with van der Waals surface area (Å²) in [5.74, 6) is 0.0863. The first kappa shape index (κ1) is 18.1. The van der Waals surface area contributed by atoms with E-state index in [0.717, 1.165) is 24.2 Å². The molecule has 7 heteroatoms. The van der Waals surface area contributed by atoms with Gasteiger partial charge in [-0.15, -0.1) is 0 Å². The molecular weight excluding hydrogens is 330 g/mol. The molecule has 1 aliphatic heterocycles. The van der Waals surface area contributed by atoms with E-state index in [9.17, 15) is 9.59 Å². The van der Waals surface area contributed by atoms with Gasteiger partial charge in [-0.3, -0.25) is 19.3 Å². The number of aromatic nitrogens is 3. The number of carbonyl (C=O) groups is 2. The van der Waals surface area contributed by atoms with Crippen LogP contribution in [0.15, 0.2) is 36.7 Å². The topological polar surface area (TPSA) is 80.1 Å². The van der Waals surface area contributed by atoms with Gasteiger partial charge in [0.1, 0.15) is 0 Å². The highest BCUT2D eigenvalue weighted by Gasteiger charge is 2.29. The van der Waals surface area contributed by atoms with E-state index in [-0.39, 0.29) is 17.9 Å². The van der Waals surface area contributed by atoms with Crippen LogP contribution in [0, 0.1) is 0 Å². The van der Waals surface area contributed by atoms with Crippen molar-refractivity contribution in [3.05, 3.63) is 48.0 Å². The number of pyridine rings is 1. The first-order valence-electron chi connectivity index (χ1n) is 9.14. The monoisotopic (exact) mass is 355 g/mol. The Morgan fingerprint density at radius 1 is 1.27 bits per heavy atom. The quantitative estimate of drug-likeness (QED) is 0.824. The van der Waals surface area contributed by atoms with Crippen LogP contribution in [0.3, 0.4) is 0 Å². The van der Waals surface area contributed by atoms with Crippen LogP contribution in [0.1, 0.15) is 50.0 Å². The summed E-state index contributed by atoms with van der Waals surface area (Å²) in [7, 11) is 0. The van der Waals surface area contributed by atoms with Gasteiger partial charge in [0.2, 0.25) is 11.8 Å². The number of nitrogens with zero attached hydrogens (tertiary/aromatic N) is 4. The van der Waals surface area contributed by atoms with Gasteiger partial charge in [-0.25, -0.2) is 0 Å². The van der Waals surface area contributed by atoms with Crippen molar-refractivity contribution in [3.8, 4) is 0 Å². The van der Waals surface area contributed by atoms with E-state index in [1.165, 1.54) is 0 Å². The Hall–Kier alpha value is -2.70. The fraction of sp³-hybridized carbons (Fsp3) is 0.474. The number of nitrogens with one attached hydrogen (secondary N) is 1. The van der Waals surface area contributed by atoms with Gasteiger partial charge in [0.05, 0.1) is 36.9 Å². The third kappa shape index (κ3) is 4.47. The third-order valence-electron chi connectivity index (χ3n) is 4.59. The molecular formula is C19H25N5O2. The number of hydrogen-bond donors (Lipinski definition) is 1. The van der Waals surface area contributed by atoms with Gasteiger partial charge in [0.15, 0.2) is 0 Å². The smallest absolute Gasteiger partial charge is 0.222 e. The molecule has 0 radical (unpaired) electrons. The molecule has 3 rings (SSSR count). The Morgan fingerprint density at radius 3 is 2.92 bits per heavy atom. The van der Waals surface area contributed by atoms with Gasteiger partial charge in [-0.1, -0.05) is 19.4 Å². The summed E-state index contributed by atoms with van der Waals surface area (Å²) in [6, 6.07) is 7.39. The predicted octanol–water partition coefficient (Wildman–Crippen LogP) is 2.06. The Bertz CT molecular complexity index is 743. The molecule has 0 fully saturated rings. The first-order chi connectivity index (χ1) is 12.7. The lowest BCUT2D eigenvalue weighted by Crippen LogP contribution is -2.42. The summed E-state index contributed by atoms with van der Waals surface area (Å²) >= 11 is 0. The predicted molar refractivity (Wildman–Crippen MR) is 96.9 cm³/mol. The van der Waals surface area contributed by atoms with E-state index < -0.39 is 0 Å². The molecule has 0 aliphatic carbocycles. The minimum Gasteiger partial charge on any atom is -0.350 e. The molecule has 3 heterocycles. The summed E-state index contributed by atoms with van der Waals surface area (Å²) in [5, 5.41) is 7.25. The van der Waals surface area contributed by atoms with E-state index in [4.69, 9.17) is 0 Å². The molecule has 0 spiro atoms. The number of fused-ring (bicyclic) bond motifs is 1. The van der Waals surface area contributed by atoms with Crippen LogP contribution in [-0.2, 0) is 22.7 Å². The molecule has 138 valence electrons. The van der Waals surface area contributed by atoms with Crippen LogP contribution in [-0.4, -0.2) is 38.0 Å². The second-order valence-electron chi connectivity index (χ2n) is 6.60. The fourth-order valence-electron chi connectivity index (χ4n) is 3.19. The standard InChI is InChI=1S/C19H25N5O2/c1-2-3-7-19(26)23-13-16-8-10-22-24(16)17(14-23)11-18(25)21-12-15-6-4-5-9-20-15/h4-6,8-10,17H,2-3,7,11-14H2,1H3,(H,21,25)/t17-/m0/s1. The Labute approximate surface area is 153 Å². The van der Waals surface area contributed by atoms with E-state index in [2.05, 4.69) is 22.3 Å². The molecule has 0 saturated carbocycles. The molecule has 2 aromatic rings. The minimum atomic E-state index is -0.136. The summed E-state index contributed by atoms with van der Waals surface area (Å²) in [6.07, 6.45) is 6.18. The van der Waals surface area contributed by atoms with Crippen LogP contribution in [0.25, 0.3) is 0 Å². The SMILES string of the molecule is CCCCC(=O)N1Cc2ccnn2[C@@H](CC(=O)NCc2ccccn2)C1. The number of carbonyl (C=O) groups excluding carboxylic acids is 2. The van der Waals surface area contributed by atoms with Crippen molar-refractivity contribution in [3.63, 3.8) is 0 Å². The normalized spacial score (nSPS) is 16.2. The van der Waals surface area contributed by atoms with Crippen molar-refractivity contribution < 1.29 is 9.59 Å². The first-order valence-corrected chi connectivity index (χ1v) is 9.14. The lowest BCUT2D eigenvalue weighted by molar-refractivity contribution is -0.134. The highest BCUT2D eigenvalue weighted by molar-refractivity contribution is 5.78. The molecule has 2 amide bonds. The highest BCUT2D eigenvalue weighted by Crippen LogP contribution is 2.23. The maximum absolute atomic E-state index is 12.4. The molecule has 0 aromatic carbocycles. The molecule has 2 aromatic heterocycles. The van der Waals surface area contributed by atoms with E-state index in [1.54, 1.807) is 12.4 Å². The summed E-state index contributed by atoms with van der Waals surface area (Å²) < 4.78 is 1.88. The molecule has 26 heavy (non-hydrogen) atoms. The summed E-state index contributed by atoms with van der Waals surface area (Å²) in [4.78, 5) is 30.9. The van der Waals surface area contributed by atoms with E-state index >= 15 is 0 Å². The van der Waals surface area contributed by atoms with Crippen LogP contribution in [0.4, 0.5) is 0 Å². The van der Waals surface area contributed by atoms with Crippen molar-refractivity contribution in [1.82, 2.24) is 25.0 Å². The van der Waals surface area contributed by atoms with Gasteiger partial charge in [0, 0.05) is 25.4 Å². The molecule has 1 aliphatic rings. The number of unbranched alkanes of at least 4 members (excludes halogenated alkanes) is 1. The average Bonchev–Trinajstić information content (AvgIpc) is 3.14. The highest BCUT2D eigenvalue weighted by atomic mass is 16.2. The maximum Gasteiger partial charge on any atom is 0.222 e. The Balaban J connectivity index is 1.60. The van der Waals surface area contributed by atoms with Crippen LogP contribution in [0.5, 0.6) is 0 Å². The molecule has 0 saturated heterocycles. The van der Waals surface area contributed by atoms with Crippen LogP contribution < -0.4 is 5.32 Å². The van der Waals surface area contributed by atoms with Crippen molar-refractivity contribution in [2.75, 3.05) is 6.54 Å². The van der Waals surface area contributed by atoms with E-state index in [1.807, 2.05) is 33.8 Å². The molecule has 0 unspecified atom stereocenters. The fourth-order valence-corrected chi connectivity index (χ4v) is 3.19.